The van der Waals surface area contributed by atoms with E-state index in [1.165, 1.54) is 6.07 Å². The Morgan fingerprint density at radius 3 is 2.65 bits per heavy atom. The van der Waals surface area contributed by atoms with Crippen LogP contribution in [0.2, 0.25) is 0 Å². The average molecular weight is 340 g/mol. The molecule has 0 amide bonds. The number of ether oxygens (including phenoxy) is 2. The van der Waals surface area contributed by atoms with Gasteiger partial charge in [-0.05, 0) is 45.8 Å². The molecule has 0 radical (unpaired) electrons. The molecule has 0 aliphatic heterocycles. The molecule has 0 aliphatic rings. The Labute approximate surface area is 125 Å². The zero-order chi connectivity index (χ0) is 14.5. The number of methoxy groups -OCH3 is 1. The molecule has 0 aliphatic carbocycles. The van der Waals surface area contributed by atoms with Gasteiger partial charge in [0.25, 0.3) is 0 Å². The van der Waals surface area contributed by atoms with E-state index >= 15 is 0 Å². The third-order valence-corrected chi connectivity index (χ3v) is 3.51. The first-order chi connectivity index (χ1) is 9.63. The Bertz CT molecular complexity index is 604. The minimum Gasteiger partial charge on any atom is -0.496 e. The van der Waals surface area contributed by atoms with Gasteiger partial charge in [0.2, 0.25) is 0 Å². The van der Waals surface area contributed by atoms with Crippen LogP contribution in [0.25, 0.3) is 0 Å². The Balaban J connectivity index is 2.15. The second-order valence-electron chi connectivity index (χ2n) is 4.21. The summed E-state index contributed by atoms with van der Waals surface area (Å²) in [5.41, 5.74) is 7.48. The van der Waals surface area contributed by atoms with Crippen molar-refractivity contribution >= 4 is 15.9 Å². The second-order valence-corrected chi connectivity index (χ2v) is 5.07. The van der Waals surface area contributed by atoms with Crippen LogP contribution in [0.1, 0.15) is 11.1 Å². The van der Waals surface area contributed by atoms with Crippen LogP contribution in [-0.2, 0) is 13.2 Å². The smallest absolute Gasteiger partial charge is 0.141 e. The van der Waals surface area contributed by atoms with Crippen molar-refractivity contribution in [1.29, 1.82) is 0 Å². The Hall–Kier alpha value is -1.59. The number of halogens is 2. The molecule has 2 rings (SSSR count). The molecule has 2 N–H and O–H groups in total. The molecule has 0 bridgehead atoms. The number of rotatable bonds is 5. The van der Waals surface area contributed by atoms with Crippen LogP contribution in [0.15, 0.2) is 40.9 Å². The summed E-state index contributed by atoms with van der Waals surface area (Å²) in [4.78, 5) is 0. The fourth-order valence-electron chi connectivity index (χ4n) is 1.80. The fraction of sp³-hybridized carbons (Fsp3) is 0.200. The maximum absolute atomic E-state index is 13.4. The van der Waals surface area contributed by atoms with Gasteiger partial charge in [-0.15, -0.1) is 0 Å². The average Bonchev–Trinajstić information content (AvgIpc) is 2.48. The lowest BCUT2D eigenvalue weighted by Gasteiger charge is -2.12. The normalized spacial score (nSPS) is 10.4. The predicted octanol–water partition coefficient (Wildman–Crippen LogP) is 3.63. The van der Waals surface area contributed by atoms with Crippen LogP contribution >= 0.6 is 15.9 Å². The van der Waals surface area contributed by atoms with Crippen LogP contribution in [-0.4, -0.2) is 7.11 Å². The minimum absolute atomic E-state index is 0.290. The van der Waals surface area contributed by atoms with Gasteiger partial charge in [0.1, 0.15) is 23.9 Å². The van der Waals surface area contributed by atoms with E-state index < -0.39 is 0 Å². The van der Waals surface area contributed by atoms with Gasteiger partial charge >= 0.3 is 0 Å². The van der Waals surface area contributed by atoms with Crippen LogP contribution in [0.5, 0.6) is 11.5 Å². The molecule has 0 saturated carbocycles. The van der Waals surface area contributed by atoms with Crippen LogP contribution in [0, 0.1) is 5.82 Å². The van der Waals surface area contributed by atoms with Crippen molar-refractivity contribution in [2.45, 2.75) is 13.2 Å². The van der Waals surface area contributed by atoms with Crippen molar-refractivity contribution in [3.05, 3.63) is 57.8 Å². The third kappa shape index (κ3) is 3.49. The molecule has 5 heteroatoms. The minimum atomic E-state index is -0.356. The SMILES string of the molecule is COc1ccc(CN)cc1COc1ccc(Br)c(F)c1. The van der Waals surface area contributed by atoms with Gasteiger partial charge in [-0.3, -0.25) is 0 Å². The lowest BCUT2D eigenvalue weighted by atomic mass is 10.1. The number of hydrogen-bond donors (Lipinski definition) is 1. The van der Waals surface area contributed by atoms with E-state index in [0.29, 0.717) is 16.8 Å². The number of nitrogens with two attached hydrogens (primary N) is 1. The molecule has 0 spiro atoms. The summed E-state index contributed by atoms with van der Waals surface area (Å²) in [6.07, 6.45) is 0. The van der Waals surface area contributed by atoms with E-state index in [0.717, 1.165) is 16.9 Å². The molecule has 106 valence electrons. The van der Waals surface area contributed by atoms with Crippen molar-refractivity contribution in [3.63, 3.8) is 0 Å². The summed E-state index contributed by atoms with van der Waals surface area (Å²) in [6.45, 7) is 0.738. The summed E-state index contributed by atoms with van der Waals surface area (Å²) in [6, 6.07) is 10.3. The van der Waals surface area contributed by atoms with E-state index in [1.807, 2.05) is 18.2 Å². The maximum Gasteiger partial charge on any atom is 0.141 e. The molecule has 0 aromatic heterocycles. The Morgan fingerprint density at radius 2 is 2.00 bits per heavy atom. The first-order valence-corrected chi connectivity index (χ1v) is 6.87. The summed E-state index contributed by atoms with van der Waals surface area (Å²) in [5, 5.41) is 0. The predicted molar refractivity (Wildman–Crippen MR) is 79.3 cm³/mol. The van der Waals surface area contributed by atoms with E-state index in [4.69, 9.17) is 15.2 Å². The highest BCUT2D eigenvalue weighted by Crippen LogP contribution is 2.24. The molecule has 0 unspecified atom stereocenters. The summed E-state index contributed by atoms with van der Waals surface area (Å²) in [7, 11) is 1.60. The maximum atomic E-state index is 13.4. The topological polar surface area (TPSA) is 44.5 Å². The van der Waals surface area contributed by atoms with E-state index in [1.54, 1.807) is 19.2 Å². The molecule has 0 heterocycles. The van der Waals surface area contributed by atoms with E-state index in [9.17, 15) is 4.39 Å². The van der Waals surface area contributed by atoms with Crippen molar-refractivity contribution in [2.24, 2.45) is 5.73 Å². The van der Waals surface area contributed by atoms with Gasteiger partial charge in [0, 0.05) is 18.2 Å². The fourth-order valence-corrected chi connectivity index (χ4v) is 2.05. The highest BCUT2D eigenvalue weighted by molar-refractivity contribution is 9.10. The van der Waals surface area contributed by atoms with Crippen molar-refractivity contribution < 1.29 is 13.9 Å². The Kier molecular flexibility index (Phi) is 4.98. The highest BCUT2D eigenvalue weighted by atomic mass is 79.9. The molecule has 3 nitrogen and oxygen atoms in total. The standard InChI is InChI=1S/C15H15BrFNO2/c1-19-15-5-2-10(8-18)6-11(15)9-20-12-3-4-13(16)14(17)7-12/h2-7H,8-9,18H2,1H3. The van der Waals surface area contributed by atoms with Gasteiger partial charge in [-0.25, -0.2) is 4.39 Å². The van der Waals surface area contributed by atoms with Gasteiger partial charge in [-0.2, -0.15) is 0 Å². The van der Waals surface area contributed by atoms with Crippen LogP contribution in [0.3, 0.4) is 0 Å². The van der Waals surface area contributed by atoms with Gasteiger partial charge < -0.3 is 15.2 Å². The zero-order valence-electron chi connectivity index (χ0n) is 11.0. The first kappa shape index (κ1) is 14.8. The van der Waals surface area contributed by atoms with Gasteiger partial charge in [0.15, 0.2) is 0 Å². The third-order valence-electron chi connectivity index (χ3n) is 2.87. The van der Waals surface area contributed by atoms with Gasteiger partial charge in [0.05, 0.1) is 11.6 Å². The molecular weight excluding hydrogens is 325 g/mol. The first-order valence-electron chi connectivity index (χ1n) is 6.07. The monoisotopic (exact) mass is 339 g/mol. The quantitative estimate of drug-likeness (QED) is 0.904. The van der Waals surface area contributed by atoms with Gasteiger partial charge in [-0.1, -0.05) is 6.07 Å². The molecule has 0 atom stereocenters. The lowest BCUT2D eigenvalue weighted by molar-refractivity contribution is 0.295. The van der Waals surface area contributed by atoms with Crippen LogP contribution < -0.4 is 15.2 Å². The molecule has 20 heavy (non-hydrogen) atoms. The van der Waals surface area contributed by atoms with Crippen molar-refractivity contribution in [2.75, 3.05) is 7.11 Å². The van der Waals surface area contributed by atoms with E-state index in [-0.39, 0.29) is 12.4 Å². The summed E-state index contributed by atoms with van der Waals surface area (Å²) < 4.78 is 24.7. The zero-order valence-corrected chi connectivity index (χ0v) is 12.6. The van der Waals surface area contributed by atoms with E-state index in [2.05, 4.69) is 15.9 Å². The largest absolute Gasteiger partial charge is 0.496 e. The summed E-state index contributed by atoms with van der Waals surface area (Å²) >= 11 is 3.10. The molecule has 0 saturated heterocycles. The van der Waals surface area contributed by atoms with Crippen molar-refractivity contribution in [3.8, 4) is 11.5 Å². The second kappa shape index (κ2) is 6.72. The van der Waals surface area contributed by atoms with Crippen LogP contribution in [0.4, 0.5) is 4.39 Å². The van der Waals surface area contributed by atoms with Crippen molar-refractivity contribution in [1.82, 2.24) is 0 Å². The number of hydrogen-bond acceptors (Lipinski definition) is 3. The molecule has 0 fully saturated rings. The molecule has 2 aromatic rings. The summed E-state index contributed by atoms with van der Waals surface area (Å²) in [5.74, 6) is 0.830. The lowest BCUT2D eigenvalue weighted by Crippen LogP contribution is -2.02. The molecular formula is C15H15BrFNO2. The highest BCUT2D eigenvalue weighted by Gasteiger charge is 2.07. The number of benzene rings is 2. The molecule has 2 aromatic carbocycles. The Morgan fingerprint density at radius 1 is 1.20 bits per heavy atom.